The number of hydrogen-bond donors (Lipinski definition) is 2. The van der Waals surface area contributed by atoms with Gasteiger partial charge in [-0.1, -0.05) is 24.6 Å². The number of aromatic amines is 1. The number of carbonyl (C=O) groups excluding carboxylic acids is 2. The van der Waals surface area contributed by atoms with Gasteiger partial charge < -0.3 is 19.9 Å². The number of aromatic nitrogens is 1. The van der Waals surface area contributed by atoms with E-state index in [9.17, 15) is 19.5 Å². The number of rotatable bonds is 3. The number of fused-ring (bicyclic) bond motifs is 1. The van der Waals surface area contributed by atoms with Crippen LogP contribution in [0.25, 0.3) is 10.9 Å². The maximum absolute atomic E-state index is 12.8. The Labute approximate surface area is 163 Å². The van der Waals surface area contributed by atoms with Gasteiger partial charge in [0.1, 0.15) is 5.69 Å². The summed E-state index contributed by atoms with van der Waals surface area (Å²) in [6.07, 6.45) is 2.64. The first-order chi connectivity index (χ1) is 13.5. The third kappa shape index (κ3) is 3.61. The standard InChI is InChI=1S/C21H25N3O4/c25-19(15-5-3-6-16(12-15)21(27)28)23-8-10-24(11-9-23)20(26)18-13-14-4-1-2-7-17(14)22-18/h1-2,4,7,13,15-16,22H,3,5-6,8-12H2,(H,27,28). The van der Waals surface area contributed by atoms with Crippen molar-refractivity contribution in [3.05, 3.63) is 36.0 Å². The first kappa shape index (κ1) is 18.5. The van der Waals surface area contributed by atoms with E-state index >= 15 is 0 Å². The van der Waals surface area contributed by atoms with E-state index in [-0.39, 0.29) is 17.7 Å². The van der Waals surface area contributed by atoms with E-state index in [1.165, 1.54) is 0 Å². The van der Waals surface area contributed by atoms with E-state index < -0.39 is 11.9 Å². The Kier molecular flexibility index (Phi) is 5.07. The third-order valence-corrected chi connectivity index (χ3v) is 6.01. The maximum atomic E-state index is 12.8. The summed E-state index contributed by atoms with van der Waals surface area (Å²) in [6, 6.07) is 9.64. The van der Waals surface area contributed by atoms with Gasteiger partial charge in [-0.15, -0.1) is 0 Å². The molecule has 2 fully saturated rings. The number of nitrogens with zero attached hydrogens (tertiary/aromatic N) is 2. The Bertz CT molecular complexity index is 865. The Morgan fingerprint density at radius 2 is 1.64 bits per heavy atom. The zero-order valence-electron chi connectivity index (χ0n) is 15.8. The van der Waals surface area contributed by atoms with Gasteiger partial charge in [0.15, 0.2) is 0 Å². The Morgan fingerprint density at radius 1 is 0.964 bits per heavy atom. The zero-order valence-corrected chi connectivity index (χ0v) is 15.8. The molecule has 4 rings (SSSR count). The molecule has 2 heterocycles. The molecule has 2 aliphatic rings. The van der Waals surface area contributed by atoms with Gasteiger partial charge >= 0.3 is 5.97 Å². The highest BCUT2D eigenvalue weighted by Crippen LogP contribution is 2.31. The van der Waals surface area contributed by atoms with E-state index in [0.717, 1.165) is 23.7 Å². The molecular weight excluding hydrogens is 358 g/mol. The molecule has 2 N–H and O–H groups in total. The van der Waals surface area contributed by atoms with Gasteiger partial charge in [-0.2, -0.15) is 0 Å². The average molecular weight is 383 g/mol. The predicted octanol–water partition coefficient (Wildman–Crippen LogP) is 2.34. The minimum absolute atomic E-state index is 0.0451. The highest BCUT2D eigenvalue weighted by Gasteiger charge is 2.35. The van der Waals surface area contributed by atoms with Crippen LogP contribution < -0.4 is 0 Å². The van der Waals surface area contributed by atoms with Crippen molar-refractivity contribution in [1.29, 1.82) is 0 Å². The summed E-state index contributed by atoms with van der Waals surface area (Å²) in [5.41, 5.74) is 1.50. The van der Waals surface area contributed by atoms with Crippen LogP contribution in [-0.2, 0) is 9.59 Å². The number of carboxylic acid groups (broad SMARTS) is 1. The summed E-state index contributed by atoms with van der Waals surface area (Å²) in [6.45, 7) is 1.99. The van der Waals surface area contributed by atoms with E-state index in [2.05, 4.69) is 4.98 Å². The van der Waals surface area contributed by atoms with Crippen molar-refractivity contribution < 1.29 is 19.5 Å². The second-order valence-corrected chi connectivity index (χ2v) is 7.79. The van der Waals surface area contributed by atoms with Crippen LogP contribution in [0.4, 0.5) is 0 Å². The second-order valence-electron chi connectivity index (χ2n) is 7.79. The third-order valence-electron chi connectivity index (χ3n) is 6.01. The Morgan fingerprint density at radius 3 is 2.36 bits per heavy atom. The molecule has 148 valence electrons. The molecule has 0 radical (unpaired) electrons. The van der Waals surface area contributed by atoms with Crippen molar-refractivity contribution in [2.24, 2.45) is 11.8 Å². The van der Waals surface area contributed by atoms with Crippen LogP contribution in [0.2, 0.25) is 0 Å². The number of carboxylic acids is 1. The molecule has 1 saturated heterocycles. The molecule has 1 aliphatic heterocycles. The van der Waals surface area contributed by atoms with E-state index in [1.807, 2.05) is 30.3 Å². The quantitative estimate of drug-likeness (QED) is 0.851. The molecule has 1 aromatic heterocycles. The highest BCUT2D eigenvalue weighted by atomic mass is 16.4. The number of hydrogen-bond acceptors (Lipinski definition) is 3. The van der Waals surface area contributed by atoms with Crippen molar-refractivity contribution in [1.82, 2.24) is 14.8 Å². The minimum atomic E-state index is -0.800. The van der Waals surface area contributed by atoms with Gasteiger partial charge in [0, 0.05) is 43.0 Å². The summed E-state index contributed by atoms with van der Waals surface area (Å²) in [5.74, 6) is -1.42. The molecular formula is C21H25N3O4. The summed E-state index contributed by atoms with van der Waals surface area (Å²) in [4.78, 5) is 43.6. The Balaban J connectivity index is 1.35. The molecule has 7 heteroatoms. The van der Waals surface area contributed by atoms with Gasteiger partial charge in [0.2, 0.25) is 5.91 Å². The number of carbonyl (C=O) groups is 3. The van der Waals surface area contributed by atoms with E-state index in [1.54, 1.807) is 9.80 Å². The number of benzene rings is 1. The van der Waals surface area contributed by atoms with Crippen LogP contribution in [0, 0.1) is 11.8 Å². The number of amides is 2. The van der Waals surface area contributed by atoms with Gasteiger partial charge in [0.05, 0.1) is 5.92 Å². The fourth-order valence-electron chi connectivity index (χ4n) is 4.39. The molecule has 0 spiro atoms. The molecule has 2 unspecified atom stereocenters. The lowest BCUT2D eigenvalue weighted by molar-refractivity contribution is -0.146. The topological polar surface area (TPSA) is 93.7 Å². The van der Waals surface area contributed by atoms with Crippen LogP contribution in [0.5, 0.6) is 0 Å². The van der Waals surface area contributed by atoms with Crippen molar-refractivity contribution in [2.75, 3.05) is 26.2 Å². The lowest BCUT2D eigenvalue weighted by atomic mass is 9.80. The normalized spacial score (nSPS) is 23.0. The molecule has 1 saturated carbocycles. The lowest BCUT2D eigenvalue weighted by Gasteiger charge is -2.37. The van der Waals surface area contributed by atoms with Gasteiger partial charge in [-0.3, -0.25) is 14.4 Å². The molecule has 2 amide bonds. The van der Waals surface area contributed by atoms with Crippen LogP contribution in [0.3, 0.4) is 0 Å². The van der Waals surface area contributed by atoms with Crippen LogP contribution in [0.1, 0.15) is 36.2 Å². The van der Waals surface area contributed by atoms with Crippen LogP contribution in [0.15, 0.2) is 30.3 Å². The summed E-state index contributed by atoms with van der Waals surface area (Å²) >= 11 is 0. The maximum Gasteiger partial charge on any atom is 0.306 e. The van der Waals surface area contributed by atoms with Gasteiger partial charge in [-0.25, -0.2) is 0 Å². The van der Waals surface area contributed by atoms with Gasteiger partial charge in [-0.05, 0) is 31.4 Å². The molecule has 1 aromatic carbocycles. The number of para-hydroxylation sites is 1. The van der Waals surface area contributed by atoms with Crippen molar-refractivity contribution in [3.8, 4) is 0 Å². The van der Waals surface area contributed by atoms with Crippen molar-refractivity contribution >= 4 is 28.7 Å². The number of nitrogens with one attached hydrogen (secondary N) is 1. The summed E-state index contributed by atoms with van der Waals surface area (Å²) in [5, 5.41) is 10.2. The van der Waals surface area contributed by atoms with Crippen LogP contribution >= 0.6 is 0 Å². The lowest BCUT2D eigenvalue weighted by Crippen LogP contribution is -2.52. The first-order valence-corrected chi connectivity index (χ1v) is 9.91. The molecule has 1 aliphatic carbocycles. The number of H-pyrrole nitrogens is 1. The molecule has 0 bridgehead atoms. The fourth-order valence-corrected chi connectivity index (χ4v) is 4.39. The number of piperazine rings is 1. The fraction of sp³-hybridized carbons (Fsp3) is 0.476. The summed E-state index contributed by atoms with van der Waals surface area (Å²) < 4.78 is 0. The highest BCUT2D eigenvalue weighted by molar-refractivity contribution is 5.98. The largest absolute Gasteiger partial charge is 0.481 e. The SMILES string of the molecule is O=C(O)C1CCCC(C(=O)N2CCN(C(=O)c3cc4ccccc4[nH]3)CC2)C1. The molecule has 2 atom stereocenters. The van der Waals surface area contributed by atoms with Crippen LogP contribution in [-0.4, -0.2) is 63.9 Å². The first-order valence-electron chi connectivity index (χ1n) is 9.91. The predicted molar refractivity (Wildman–Crippen MR) is 104 cm³/mol. The minimum Gasteiger partial charge on any atom is -0.481 e. The van der Waals surface area contributed by atoms with Crippen molar-refractivity contribution in [3.63, 3.8) is 0 Å². The number of aliphatic carboxylic acids is 1. The second kappa shape index (κ2) is 7.66. The molecule has 2 aromatic rings. The Hall–Kier alpha value is -2.83. The summed E-state index contributed by atoms with van der Waals surface area (Å²) in [7, 11) is 0. The van der Waals surface area contributed by atoms with E-state index in [4.69, 9.17) is 0 Å². The monoisotopic (exact) mass is 383 g/mol. The van der Waals surface area contributed by atoms with Gasteiger partial charge in [0.25, 0.3) is 5.91 Å². The smallest absolute Gasteiger partial charge is 0.306 e. The molecule has 28 heavy (non-hydrogen) atoms. The zero-order chi connectivity index (χ0) is 19.7. The molecule has 7 nitrogen and oxygen atoms in total. The van der Waals surface area contributed by atoms with Crippen molar-refractivity contribution in [2.45, 2.75) is 25.7 Å². The van der Waals surface area contributed by atoms with E-state index in [0.29, 0.717) is 44.7 Å². The average Bonchev–Trinajstić information content (AvgIpc) is 3.17.